The predicted octanol–water partition coefficient (Wildman–Crippen LogP) is 0.509. The van der Waals surface area contributed by atoms with Gasteiger partial charge in [0.1, 0.15) is 12.1 Å². The molecule has 0 spiro atoms. The Bertz CT molecular complexity index is 596. The van der Waals surface area contributed by atoms with Gasteiger partial charge in [0.05, 0.1) is 5.69 Å². The summed E-state index contributed by atoms with van der Waals surface area (Å²) in [5.41, 5.74) is 5.60. The van der Waals surface area contributed by atoms with Gasteiger partial charge < -0.3 is 11.1 Å². The first kappa shape index (κ1) is 13.0. The zero-order chi connectivity index (χ0) is 13.8. The number of hydrogen-bond donors (Lipinski definition) is 2. The number of nitrogens with one attached hydrogen (secondary N) is 1. The van der Waals surface area contributed by atoms with Gasteiger partial charge in [0.25, 0.3) is 5.91 Å². The van der Waals surface area contributed by atoms with Gasteiger partial charge in [-0.05, 0) is 18.2 Å². The summed E-state index contributed by atoms with van der Waals surface area (Å²) >= 11 is 0. The van der Waals surface area contributed by atoms with Gasteiger partial charge in [-0.2, -0.15) is 5.10 Å². The number of aromatic nitrogens is 3. The van der Waals surface area contributed by atoms with E-state index in [0.717, 1.165) is 6.07 Å². The Morgan fingerprint density at radius 3 is 2.95 bits per heavy atom. The van der Waals surface area contributed by atoms with Crippen LogP contribution in [0.1, 0.15) is 16.2 Å². The molecule has 0 radical (unpaired) electrons. The fraction of sp³-hybridized carbons (Fsp3) is 0.250. The van der Waals surface area contributed by atoms with Gasteiger partial charge in [0, 0.05) is 25.6 Å². The van der Waals surface area contributed by atoms with Crippen molar-refractivity contribution in [3.05, 3.63) is 41.7 Å². The first-order valence-electron chi connectivity index (χ1n) is 5.74. The van der Waals surface area contributed by atoms with Crippen molar-refractivity contribution in [2.75, 3.05) is 12.3 Å². The number of hydrogen-bond acceptors (Lipinski definition) is 4. The molecule has 0 aliphatic carbocycles. The van der Waals surface area contributed by atoms with Crippen LogP contribution in [0.4, 0.5) is 10.1 Å². The number of nitrogens with zero attached hydrogens (tertiary/aromatic N) is 3. The molecule has 0 unspecified atom stereocenters. The monoisotopic (exact) mass is 263 g/mol. The maximum Gasteiger partial charge on any atom is 0.251 e. The van der Waals surface area contributed by atoms with Crippen LogP contribution >= 0.6 is 0 Å². The number of anilines is 1. The standard InChI is InChI=1S/C12H14FN5O/c1-18-7-16-11(17-18)4-5-15-12(19)8-2-3-10(14)9(13)6-8/h2-3,6-7H,4-5,14H2,1H3,(H,15,19). The second-order valence-corrected chi connectivity index (χ2v) is 4.08. The van der Waals surface area contributed by atoms with Gasteiger partial charge in [0.15, 0.2) is 5.82 Å². The van der Waals surface area contributed by atoms with E-state index in [0.29, 0.717) is 18.8 Å². The van der Waals surface area contributed by atoms with Crippen molar-refractivity contribution in [3.8, 4) is 0 Å². The lowest BCUT2D eigenvalue weighted by Gasteiger charge is -2.04. The molecule has 6 nitrogen and oxygen atoms in total. The molecule has 0 fully saturated rings. The quantitative estimate of drug-likeness (QED) is 0.787. The minimum atomic E-state index is -0.598. The minimum Gasteiger partial charge on any atom is -0.396 e. The molecule has 2 rings (SSSR count). The van der Waals surface area contributed by atoms with E-state index in [1.54, 1.807) is 18.1 Å². The van der Waals surface area contributed by atoms with Crippen molar-refractivity contribution in [2.24, 2.45) is 7.05 Å². The molecule has 0 aliphatic rings. The van der Waals surface area contributed by atoms with E-state index >= 15 is 0 Å². The molecule has 19 heavy (non-hydrogen) atoms. The lowest BCUT2D eigenvalue weighted by Crippen LogP contribution is -2.26. The third kappa shape index (κ3) is 3.27. The second-order valence-electron chi connectivity index (χ2n) is 4.08. The number of carbonyl (C=O) groups excluding carboxylic acids is 1. The van der Waals surface area contributed by atoms with Crippen LogP contribution in [0.2, 0.25) is 0 Å². The van der Waals surface area contributed by atoms with E-state index < -0.39 is 5.82 Å². The van der Waals surface area contributed by atoms with Gasteiger partial charge in [-0.1, -0.05) is 0 Å². The summed E-state index contributed by atoms with van der Waals surface area (Å²) in [5, 5.41) is 6.75. The Labute approximate surface area is 109 Å². The third-order valence-electron chi connectivity index (χ3n) is 2.54. The maximum absolute atomic E-state index is 13.2. The Morgan fingerprint density at radius 1 is 1.53 bits per heavy atom. The Kier molecular flexibility index (Phi) is 3.74. The molecule has 1 aromatic carbocycles. The van der Waals surface area contributed by atoms with Crippen LogP contribution in [0.3, 0.4) is 0 Å². The number of amides is 1. The van der Waals surface area contributed by atoms with Crippen molar-refractivity contribution < 1.29 is 9.18 Å². The zero-order valence-electron chi connectivity index (χ0n) is 10.4. The second kappa shape index (κ2) is 5.47. The van der Waals surface area contributed by atoms with Crippen molar-refractivity contribution in [3.63, 3.8) is 0 Å². The molecule has 2 aromatic rings. The van der Waals surface area contributed by atoms with Gasteiger partial charge in [-0.15, -0.1) is 0 Å². The van der Waals surface area contributed by atoms with E-state index in [1.165, 1.54) is 12.1 Å². The third-order valence-corrected chi connectivity index (χ3v) is 2.54. The van der Waals surface area contributed by atoms with Crippen LogP contribution in [0.25, 0.3) is 0 Å². The van der Waals surface area contributed by atoms with Gasteiger partial charge >= 0.3 is 0 Å². The summed E-state index contributed by atoms with van der Waals surface area (Å²) < 4.78 is 14.8. The van der Waals surface area contributed by atoms with Crippen LogP contribution < -0.4 is 11.1 Å². The van der Waals surface area contributed by atoms with Crippen molar-refractivity contribution in [1.29, 1.82) is 0 Å². The molecular weight excluding hydrogens is 249 g/mol. The molecule has 0 aliphatic heterocycles. The minimum absolute atomic E-state index is 0.0224. The van der Waals surface area contributed by atoms with Gasteiger partial charge in [-0.3, -0.25) is 9.48 Å². The number of nitrogens with two attached hydrogens (primary N) is 1. The summed E-state index contributed by atoms with van der Waals surface area (Å²) in [7, 11) is 1.77. The number of rotatable bonds is 4. The number of carbonyl (C=O) groups is 1. The number of nitrogen functional groups attached to an aromatic ring is 1. The number of benzene rings is 1. The molecule has 1 aromatic heterocycles. The number of halogens is 1. The van der Waals surface area contributed by atoms with Gasteiger partial charge in [0.2, 0.25) is 0 Å². The average molecular weight is 263 g/mol. The van der Waals surface area contributed by atoms with Crippen molar-refractivity contribution >= 4 is 11.6 Å². The fourth-order valence-electron chi connectivity index (χ4n) is 1.56. The van der Waals surface area contributed by atoms with Crippen LogP contribution in [-0.4, -0.2) is 27.2 Å². The van der Waals surface area contributed by atoms with Crippen molar-refractivity contribution in [2.45, 2.75) is 6.42 Å². The molecular formula is C12H14FN5O. The lowest BCUT2D eigenvalue weighted by molar-refractivity contribution is 0.0953. The van der Waals surface area contributed by atoms with E-state index in [4.69, 9.17) is 5.73 Å². The Hall–Kier alpha value is -2.44. The van der Waals surface area contributed by atoms with E-state index in [-0.39, 0.29) is 17.2 Å². The Morgan fingerprint density at radius 2 is 2.32 bits per heavy atom. The van der Waals surface area contributed by atoms with E-state index in [2.05, 4.69) is 15.4 Å². The normalized spacial score (nSPS) is 10.4. The summed E-state index contributed by atoms with van der Waals surface area (Å²) in [4.78, 5) is 15.8. The van der Waals surface area contributed by atoms with Crippen LogP contribution in [0, 0.1) is 5.82 Å². The number of aryl methyl sites for hydroxylation is 1. The molecule has 3 N–H and O–H groups in total. The van der Waals surface area contributed by atoms with Crippen LogP contribution in [-0.2, 0) is 13.5 Å². The lowest BCUT2D eigenvalue weighted by atomic mass is 10.2. The largest absolute Gasteiger partial charge is 0.396 e. The highest BCUT2D eigenvalue weighted by Crippen LogP contribution is 2.11. The Balaban J connectivity index is 1.89. The first-order valence-corrected chi connectivity index (χ1v) is 5.74. The summed E-state index contributed by atoms with van der Waals surface area (Å²) in [6.45, 7) is 0.384. The molecule has 1 amide bonds. The highest BCUT2D eigenvalue weighted by molar-refractivity contribution is 5.94. The molecule has 0 atom stereocenters. The fourth-order valence-corrected chi connectivity index (χ4v) is 1.56. The summed E-state index contributed by atoms with van der Waals surface area (Å²) in [5.74, 6) is -0.305. The summed E-state index contributed by atoms with van der Waals surface area (Å²) in [6.07, 6.45) is 2.11. The van der Waals surface area contributed by atoms with Gasteiger partial charge in [-0.25, -0.2) is 9.37 Å². The predicted molar refractivity (Wildman–Crippen MR) is 67.9 cm³/mol. The zero-order valence-corrected chi connectivity index (χ0v) is 10.4. The highest BCUT2D eigenvalue weighted by Gasteiger charge is 2.08. The maximum atomic E-state index is 13.2. The molecule has 100 valence electrons. The van der Waals surface area contributed by atoms with Crippen molar-refractivity contribution in [1.82, 2.24) is 20.1 Å². The van der Waals surface area contributed by atoms with Crippen LogP contribution in [0.5, 0.6) is 0 Å². The molecule has 0 saturated carbocycles. The van der Waals surface area contributed by atoms with E-state index in [1.807, 2.05) is 0 Å². The topological polar surface area (TPSA) is 85.8 Å². The highest BCUT2D eigenvalue weighted by atomic mass is 19.1. The smallest absolute Gasteiger partial charge is 0.251 e. The molecule has 1 heterocycles. The average Bonchev–Trinajstić information content (AvgIpc) is 2.78. The first-order chi connectivity index (χ1) is 9.06. The SMILES string of the molecule is Cn1cnc(CCNC(=O)c2ccc(N)c(F)c2)n1. The molecule has 0 bridgehead atoms. The van der Waals surface area contributed by atoms with E-state index in [9.17, 15) is 9.18 Å². The molecule has 7 heteroatoms. The summed E-state index contributed by atoms with van der Waals surface area (Å²) in [6, 6.07) is 3.96. The van der Waals surface area contributed by atoms with Crippen LogP contribution in [0.15, 0.2) is 24.5 Å². The molecule has 0 saturated heterocycles.